The molecule has 3 rings (SSSR count). The molecule has 0 saturated heterocycles. The van der Waals surface area contributed by atoms with Gasteiger partial charge >= 0.3 is 0 Å². The third-order valence-electron chi connectivity index (χ3n) is 4.90. The standard InChI is InChI=1S/C17H23NO3/c1-21-13-6-4-5-12(9-13)14-10-15(14)16(20)18-17(11-19)7-2-3-8-17/h4-6,9,14-15,19H,2-3,7-8,10-11H2,1H3,(H,18,20). The number of carbonyl (C=O) groups excluding carboxylic acids is 1. The van der Waals surface area contributed by atoms with Crippen LogP contribution >= 0.6 is 0 Å². The first kappa shape index (κ1) is 14.4. The highest BCUT2D eigenvalue weighted by Gasteiger charge is 2.46. The normalized spacial score (nSPS) is 26.4. The maximum absolute atomic E-state index is 12.4. The fourth-order valence-corrected chi connectivity index (χ4v) is 3.45. The van der Waals surface area contributed by atoms with E-state index < -0.39 is 0 Å². The van der Waals surface area contributed by atoms with E-state index in [1.54, 1.807) is 7.11 Å². The first-order valence-electron chi connectivity index (χ1n) is 7.74. The molecule has 2 aliphatic rings. The first-order chi connectivity index (χ1) is 10.2. The maximum atomic E-state index is 12.4. The van der Waals surface area contributed by atoms with Crippen LogP contribution in [0.5, 0.6) is 5.75 Å². The molecule has 1 amide bonds. The molecule has 0 heterocycles. The van der Waals surface area contributed by atoms with Crippen molar-refractivity contribution in [2.75, 3.05) is 13.7 Å². The van der Waals surface area contributed by atoms with Gasteiger partial charge in [-0.3, -0.25) is 4.79 Å². The van der Waals surface area contributed by atoms with E-state index in [0.29, 0.717) is 0 Å². The summed E-state index contributed by atoms with van der Waals surface area (Å²) in [5.74, 6) is 1.26. The minimum atomic E-state index is -0.362. The highest BCUT2D eigenvalue weighted by Crippen LogP contribution is 2.48. The summed E-state index contributed by atoms with van der Waals surface area (Å²) in [6.07, 6.45) is 4.85. The number of rotatable bonds is 5. The Labute approximate surface area is 125 Å². The van der Waals surface area contributed by atoms with E-state index in [1.807, 2.05) is 18.2 Å². The second-order valence-electron chi connectivity index (χ2n) is 6.36. The molecule has 4 heteroatoms. The lowest BCUT2D eigenvalue weighted by Gasteiger charge is -2.28. The van der Waals surface area contributed by atoms with Crippen molar-refractivity contribution in [1.82, 2.24) is 5.32 Å². The number of benzene rings is 1. The van der Waals surface area contributed by atoms with Gasteiger partial charge in [-0.05, 0) is 42.9 Å². The van der Waals surface area contributed by atoms with Crippen LogP contribution in [0.4, 0.5) is 0 Å². The molecule has 0 radical (unpaired) electrons. The van der Waals surface area contributed by atoms with Gasteiger partial charge in [0.25, 0.3) is 0 Å². The highest BCUT2D eigenvalue weighted by molar-refractivity contribution is 5.83. The number of methoxy groups -OCH3 is 1. The lowest BCUT2D eigenvalue weighted by molar-refractivity contribution is -0.124. The van der Waals surface area contributed by atoms with Crippen LogP contribution in [0.2, 0.25) is 0 Å². The van der Waals surface area contributed by atoms with Crippen LogP contribution in [0.1, 0.15) is 43.6 Å². The molecule has 0 bridgehead atoms. The molecule has 0 aliphatic heterocycles. The van der Waals surface area contributed by atoms with Gasteiger partial charge in [0.05, 0.1) is 19.3 Å². The predicted molar refractivity (Wildman–Crippen MR) is 80.3 cm³/mol. The molecule has 2 saturated carbocycles. The zero-order valence-electron chi connectivity index (χ0n) is 12.5. The molecule has 4 nitrogen and oxygen atoms in total. The fraction of sp³-hybridized carbons (Fsp3) is 0.588. The third-order valence-corrected chi connectivity index (χ3v) is 4.90. The van der Waals surface area contributed by atoms with Gasteiger partial charge in [-0.2, -0.15) is 0 Å². The average Bonchev–Trinajstić information content (AvgIpc) is 3.20. The van der Waals surface area contributed by atoms with Crippen molar-refractivity contribution in [2.45, 2.75) is 43.6 Å². The third kappa shape index (κ3) is 2.91. The summed E-state index contributed by atoms with van der Waals surface area (Å²) < 4.78 is 5.24. The Kier molecular flexibility index (Phi) is 3.89. The van der Waals surface area contributed by atoms with Crippen molar-refractivity contribution in [3.8, 4) is 5.75 Å². The lowest BCUT2D eigenvalue weighted by atomic mass is 9.98. The predicted octanol–water partition coefficient (Wildman–Crippen LogP) is 2.22. The second-order valence-corrected chi connectivity index (χ2v) is 6.36. The van der Waals surface area contributed by atoms with E-state index in [0.717, 1.165) is 37.9 Å². The molecule has 0 aromatic heterocycles. The Morgan fingerprint density at radius 3 is 2.86 bits per heavy atom. The van der Waals surface area contributed by atoms with Gasteiger partial charge in [0.15, 0.2) is 0 Å². The van der Waals surface area contributed by atoms with Crippen molar-refractivity contribution in [3.63, 3.8) is 0 Å². The summed E-state index contributed by atoms with van der Waals surface area (Å²) in [5, 5.41) is 12.7. The zero-order chi connectivity index (χ0) is 14.9. The molecular formula is C17H23NO3. The van der Waals surface area contributed by atoms with E-state index in [4.69, 9.17) is 4.74 Å². The van der Waals surface area contributed by atoms with Crippen molar-refractivity contribution >= 4 is 5.91 Å². The Hall–Kier alpha value is -1.55. The summed E-state index contributed by atoms with van der Waals surface area (Å²) in [6, 6.07) is 7.95. The number of amides is 1. The van der Waals surface area contributed by atoms with Gasteiger partial charge in [-0.25, -0.2) is 0 Å². The van der Waals surface area contributed by atoms with Crippen molar-refractivity contribution < 1.29 is 14.6 Å². The number of carbonyl (C=O) groups is 1. The number of ether oxygens (including phenoxy) is 1. The fourth-order valence-electron chi connectivity index (χ4n) is 3.45. The highest BCUT2D eigenvalue weighted by atomic mass is 16.5. The Bertz CT molecular complexity index is 523. The molecule has 2 atom stereocenters. The van der Waals surface area contributed by atoms with Crippen LogP contribution in [0, 0.1) is 5.92 Å². The number of aliphatic hydroxyl groups is 1. The number of hydrogen-bond donors (Lipinski definition) is 2. The first-order valence-corrected chi connectivity index (χ1v) is 7.74. The molecule has 1 aromatic carbocycles. The van der Waals surface area contributed by atoms with E-state index in [9.17, 15) is 9.90 Å². The summed E-state index contributed by atoms with van der Waals surface area (Å²) in [6.45, 7) is 0.0509. The molecule has 0 spiro atoms. The van der Waals surface area contributed by atoms with Gasteiger partial charge < -0.3 is 15.2 Å². The number of nitrogens with one attached hydrogen (secondary N) is 1. The Balaban J connectivity index is 1.63. The van der Waals surface area contributed by atoms with Gasteiger partial charge in [-0.15, -0.1) is 0 Å². The molecule has 21 heavy (non-hydrogen) atoms. The van der Waals surface area contributed by atoms with Gasteiger partial charge in [0.1, 0.15) is 5.75 Å². The second kappa shape index (κ2) is 5.68. The average molecular weight is 289 g/mol. The van der Waals surface area contributed by atoms with E-state index >= 15 is 0 Å². The topological polar surface area (TPSA) is 58.6 Å². The van der Waals surface area contributed by atoms with E-state index in [1.165, 1.54) is 5.56 Å². The molecule has 1 aromatic rings. The van der Waals surface area contributed by atoms with Gasteiger partial charge in [0, 0.05) is 5.92 Å². The number of hydrogen-bond acceptors (Lipinski definition) is 3. The van der Waals surface area contributed by atoms with Crippen LogP contribution in [0.15, 0.2) is 24.3 Å². The SMILES string of the molecule is COc1cccc(C2CC2C(=O)NC2(CO)CCCC2)c1. The minimum absolute atomic E-state index is 0.0427. The molecule has 114 valence electrons. The number of aliphatic hydroxyl groups excluding tert-OH is 1. The maximum Gasteiger partial charge on any atom is 0.224 e. The van der Waals surface area contributed by atoms with E-state index in [-0.39, 0.29) is 29.9 Å². The van der Waals surface area contributed by atoms with Gasteiger partial charge in [-0.1, -0.05) is 25.0 Å². The Morgan fingerprint density at radius 2 is 2.19 bits per heavy atom. The van der Waals surface area contributed by atoms with Crippen molar-refractivity contribution in [3.05, 3.63) is 29.8 Å². The summed E-state index contributed by atoms with van der Waals surface area (Å²) in [4.78, 5) is 12.4. The van der Waals surface area contributed by atoms with E-state index in [2.05, 4.69) is 11.4 Å². The quantitative estimate of drug-likeness (QED) is 0.874. The van der Waals surface area contributed by atoms with Crippen molar-refractivity contribution in [1.29, 1.82) is 0 Å². The molecular weight excluding hydrogens is 266 g/mol. The monoisotopic (exact) mass is 289 g/mol. The molecule has 2 unspecified atom stereocenters. The van der Waals surface area contributed by atoms with Crippen molar-refractivity contribution in [2.24, 2.45) is 5.92 Å². The molecule has 2 aliphatic carbocycles. The molecule has 2 N–H and O–H groups in total. The minimum Gasteiger partial charge on any atom is -0.497 e. The zero-order valence-corrected chi connectivity index (χ0v) is 12.5. The lowest BCUT2D eigenvalue weighted by Crippen LogP contribution is -2.49. The van der Waals surface area contributed by atoms with Crippen LogP contribution in [-0.4, -0.2) is 30.3 Å². The Morgan fingerprint density at radius 1 is 1.43 bits per heavy atom. The van der Waals surface area contributed by atoms with Crippen LogP contribution in [0.3, 0.4) is 0 Å². The summed E-state index contributed by atoms with van der Waals surface area (Å²) >= 11 is 0. The van der Waals surface area contributed by atoms with Crippen LogP contribution in [-0.2, 0) is 4.79 Å². The smallest absolute Gasteiger partial charge is 0.224 e. The largest absolute Gasteiger partial charge is 0.497 e. The van der Waals surface area contributed by atoms with Crippen LogP contribution < -0.4 is 10.1 Å². The summed E-state index contributed by atoms with van der Waals surface area (Å²) in [5.41, 5.74) is 0.803. The van der Waals surface area contributed by atoms with Crippen LogP contribution in [0.25, 0.3) is 0 Å². The summed E-state index contributed by atoms with van der Waals surface area (Å²) in [7, 11) is 1.65. The van der Waals surface area contributed by atoms with Gasteiger partial charge in [0.2, 0.25) is 5.91 Å². The molecule has 2 fully saturated rings.